The molecule has 0 amide bonds. The van der Waals surface area contributed by atoms with Crippen molar-refractivity contribution < 1.29 is 8.81 Å². The maximum Gasteiger partial charge on any atom is 0.229 e. The summed E-state index contributed by atoms with van der Waals surface area (Å²) in [6.07, 6.45) is 3.83. The predicted molar refractivity (Wildman–Crippen MR) is 92.5 cm³/mol. The number of aromatic amines is 1. The molecule has 1 aliphatic carbocycles. The average molecular weight is 338 g/mol. The second-order valence-corrected chi connectivity index (χ2v) is 6.26. The van der Waals surface area contributed by atoms with Gasteiger partial charge in [0.1, 0.15) is 11.3 Å². The van der Waals surface area contributed by atoms with Crippen LogP contribution in [0.4, 0.5) is 21.8 Å². The molecule has 7 nitrogen and oxygen atoms in total. The lowest BCUT2D eigenvalue weighted by Crippen LogP contribution is -2.06. The molecular weight excluding hydrogens is 323 g/mol. The molecule has 0 unspecified atom stereocenters. The first-order valence-corrected chi connectivity index (χ1v) is 8.10. The molecule has 1 fully saturated rings. The molecule has 1 aliphatic rings. The standard InChI is InChI=1S/C17H15FN6O/c1-8-14-11(18)6-10(7-13(14)24-23-8)20-17-21-12-4-5-25-15(12)16(22-17)19-9-2-3-9/h4-7,9H,2-3H2,1H3,(H,23,24)(H2,19,20,21,22). The number of halogens is 1. The van der Waals surface area contributed by atoms with Crippen molar-refractivity contribution in [1.82, 2.24) is 20.2 Å². The summed E-state index contributed by atoms with van der Waals surface area (Å²) in [5, 5.41) is 13.8. The molecule has 3 N–H and O–H groups in total. The molecule has 0 atom stereocenters. The highest BCUT2D eigenvalue weighted by molar-refractivity contribution is 5.87. The van der Waals surface area contributed by atoms with Crippen LogP contribution in [0.25, 0.3) is 22.0 Å². The molecule has 0 aliphatic heterocycles. The predicted octanol–water partition coefficient (Wildman–Crippen LogP) is 3.86. The number of furan rings is 1. The normalized spacial score (nSPS) is 14.3. The number of aryl methyl sites for hydroxylation is 1. The van der Waals surface area contributed by atoms with Crippen molar-refractivity contribution in [2.24, 2.45) is 0 Å². The Morgan fingerprint density at radius 1 is 1.28 bits per heavy atom. The topological polar surface area (TPSA) is 91.7 Å². The summed E-state index contributed by atoms with van der Waals surface area (Å²) in [4.78, 5) is 8.92. The maximum absolute atomic E-state index is 14.3. The van der Waals surface area contributed by atoms with E-state index in [4.69, 9.17) is 4.42 Å². The highest BCUT2D eigenvalue weighted by Gasteiger charge is 2.24. The Kier molecular flexibility index (Phi) is 2.94. The molecule has 0 saturated heterocycles. The van der Waals surface area contributed by atoms with Crippen LogP contribution >= 0.6 is 0 Å². The zero-order chi connectivity index (χ0) is 17.0. The van der Waals surface area contributed by atoms with Crippen LogP contribution in [0.2, 0.25) is 0 Å². The minimum atomic E-state index is -0.341. The minimum Gasteiger partial charge on any atom is -0.459 e. The highest BCUT2D eigenvalue weighted by atomic mass is 19.1. The zero-order valence-corrected chi connectivity index (χ0v) is 13.4. The molecule has 25 heavy (non-hydrogen) atoms. The lowest BCUT2D eigenvalue weighted by Gasteiger charge is -2.09. The van der Waals surface area contributed by atoms with Gasteiger partial charge in [0.2, 0.25) is 5.95 Å². The molecule has 1 saturated carbocycles. The summed E-state index contributed by atoms with van der Waals surface area (Å²) in [5.41, 5.74) is 3.13. The molecule has 126 valence electrons. The fraction of sp³-hybridized carbons (Fsp3) is 0.235. The number of rotatable bonds is 4. The summed E-state index contributed by atoms with van der Waals surface area (Å²) < 4.78 is 19.8. The van der Waals surface area contributed by atoms with Gasteiger partial charge >= 0.3 is 0 Å². The molecule has 0 bridgehead atoms. The van der Waals surface area contributed by atoms with E-state index in [1.165, 1.54) is 6.07 Å². The number of nitrogens with zero attached hydrogens (tertiary/aromatic N) is 3. The van der Waals surface area contributed by atoms with Gasteiger partial charge in [0.15, 0.2) is 11.4 Å². The first-order valence-electron chi connectivity index (χ1n) is 8.10. The SMILES string of the molecule is Cc1n[nH]c2cc(Nc3nc(NC4CC4)c4occc4n3)cc(F)c12. The van der Waals surface area contributed by atoms with E-state index < -0.39 is 0 Å². The van der Waals surface area contributed by atoms with E-state index in [1.54, 1.807) is 25.3 Å². The number of hydrogen-bond acceptors (Lipinski definition) is 6. The monoisotopic (exact) mass is 338 g/mol. The molecule has 8 heteroatoms. The Morgan fingerprint density at radius 3 is 3.00 bits per heavy atom. The molecular formula is C17H15FN6O. The Labute approximate surface area is 141 Å². The molecule has 5 rings (SSSR count). The summed E-state index contributed by atoms with van der Waals surface area (Å²) in [7, 11) is 0. The minimum absolute atomic E-state index is 0.341. The smallest absolute Gasteiger partial charge is 0.229 e. The van der Waals surface area contributed by atoms with E-state index in [0.717, 1.165) is 12.8 Å². The second kappa shape index (κ2) is 5.17. The van der Waals surface area contributed by atoms with Crippen LogP contribution in [0.1, 0.15) is 18.5 Å². The van der Waals surface area contributed by atoms with Gasteiger partial charge in [0, 0.05) is 17.8 Å². The third-order valence-corrected chi connectivity index (χ3v) is 4.27. The van der Waals surface area contributed by atoms with Crippen molar-refractivity contribution in [3.8, 4) is 0 Å². The second-order valence-electron chi connectivity index (χ2n) is 6.26. The van der Waals surface area contributed by atoms with E-state index in [-0.39, 0.29) is 5.82 Å². The van der Waals surface area contributed by atoms with E-state index >= 15 is 0 Å². The molecule has 3 aromatic heterocycles. The fourth-order valence-electron chi connectivity index (χ4n) is 2.90. The largest absolute Gasteiger partial charge is 0.459 e. The third kappa shape index (κ3) is 2.46. The van der Waals surface area contributed by atoms with Gasteiger partial charge in [-0.2, -0.15) is 10.1 Å². The van der Waals surface area contributed by atoms with Crippen molar-refractivity contribution in [2.75, 3.05) is 10.6 Å². The maximum atomic E-state index is 14.3. The summed E-state index contributed by atoms with van der Waals surface area (Å²) in [6.45, 7) is 1.76. The zero-order valence-electron chi connectivity index (χ0n) is 13.4. The molecule has 3 heterocycles. The van der Waals surface area contributed by atoms with Gasteiger partial charge in [0.25, 0.3) is 0 Å². The van der Waals surface area contributed by atoms with Gasteiger partial charge in [0.05, 0.1) is 22.9 Å². The van der Waals surface area contributed by atoms with Crippen molar-refractivity contribution in [1.29, 1.82) is 0 Å². The van der Waals surface area contributed by atoms with E-state index in [0.29, 0.717) is 51.2 Å². The molecule has 1 aromatic carbocycles. The van der Waals surface area contributed by atoms with Crippen molar-refractivity contribution in [3.05, 3.63) is 36.0 Å². The van der Waals surface area contributed by atoms with Crippen molar-refractivity contribution in [3.63, 3.8) is 0 Å². The van der Waals surface area contributed by atoms with Gasteiger partial charge in [-0.05, 0) is 31.9 Å². The molecule has 0 radical (unpaired) electrons. The fourth-order valence-corrected chi connectivity index (χ4v) is 2.90. The van der Waals surface area contributed by atoms with Gasteiger partial charge in [-0.15, -0.1) is 0 Å². The Balaban J connectivity index is 1.55. The summed E-state index contributed by atoms with van der Waals surface area (Å²) in [5.74, 6) is 0.693. The number of H-pyrrole nitrogens is 1. The number of benzene rings is 1. The Bertz CT molecular complexity index is 1100. The van der Waals surface area contributed by atoms with Crippen LogP contribution in [0.5, 0.6) is 0 Å². The van der Waals surface area contributed by atoms with Crippen LogP contribution in [0.15, 0.2) is 28.9 Å². The van der Waals surface area contributed by atoms with Gasteiger partial charge in [-0.25, -0.2) is 9.37 Å². The first kappa shape index (κ1) is 14.2. The number of hydrogen-bond donors (Lipinski definition) is 3. The highest BCUT2D eigenvalue weighted by Crippen LogP contribution is 2.30. The van der Waals surface area contributed by atoms with Crippen molar-refractivity contribution >= 4 is 39.5 Å². The van der Waals surface area contributed by atoms with Crippen LogP contribution in [0, 0.1) is 12.7 Å². The van der Waals surface area contributed by atoms with Crippen molar-refractivity contribution in [2.45, 2.75) is 25.8 Å². The van der Waals surface area contributed by atoms with Crippen LogP contribution in [0.3, 0.4) is 0 Å². The molecule has 0 spiro atoms. The van der Waals surface area contributed by atoms with E-state index in [2.05, 4.69) is 30.8 Å². The van der Waals surface area contributed by atoms with Gasteiger partial charge in [-0.1, -0.05) is 0 Å². The van der Waals surface area contributed by atoms with Gasteiger partial charge < -0.3 is 15.1 Å². The third-order valence-electron chi connectivity index (χ3n) is 4.27. The van der Waals surface area contributed by atoms with E-state index in [9.17, 15) is 4.39 Å². The Hall–Kier alpha value is -3.16. The van der Waals surface area contributed by atoms with Crippen LogP contribution in [-0.4, -0.2) is 26.2 Å². The average Bonchev–Trinajstić information content (AvgIpc) is 3.11. The number of anilines is 3. The number of aromatic nitrogens is 4. The van der Waals surface area contributed by atoms with Crippen LogP contribution < -0.4 is 10.6 Å². The van der Waals surface area contributed by atoms with Gasteiger partial charge in [-0.3, -0.25) is 5.10 Å². The molecule has 4 aromatic rings. The van der Waals surface area contributed by atoms with E-state index in [1.807, 2.05) is 0 Å². The Morgan fingerprint density at radius 2 is 2.16 bits per heavy atom. The van der Waals surface area contributed by atoms with Crippen LogP contribution in [-0.2, 0) is 0 Å². The summed E-state index contributed by atoms with van der Waals surface area (Å²) >= 11 is 0. The lowest BCUT2D eigenvalue weighted by atomic mass is 10.2. The summed E-state index contributed by atoms with van der Waals surface area (Å²) in [6, 6.07) is 5.41. The lowest BCUT2D eigenvalue weighted by molar-refractivity contribution is 0.614. The number of fused-ring (bicyclic) bond motifs is 2. The number of nitrogens with one attached hydrogen (secondary N) is 3. The first-order chi connectivity index (χ1) is 12.2. The quantitative estimate of drug-likeness (QED) is 0.523.